The summed E-state index contributed by atoms with van der Waals surface area (Å²) in [5.74, 6) is -0.125. The number of carbonyl (C=O) groups is 1. The molecule has 4 unspecified atom stereocenters. The number of benzene rings is 2. The number of anilines is 1. The van der Waals surface area contributed by atoms with Gasteiger partial charge in [-0.3, -0.25) is 4.79 Å². The third-order valence-electron chi connectivity index (χ3n) is 5.84. The molecule has 1 aliphatic rings. The molecule has 3 aromatic rings. The van der Waals surface area contributed by atoms with E-state index < -0.39 is 16.0 Å². The Hall–Kier alpha value is -1.85. The van der Waals surface area contributed by atoms with Crippen LogP contribution in [0.1, 0.15) is 36.0 Å². The van der Waals surface area contributed by atoms with Gasteiger partial charge in [0, 0.05) is 30.0 Å². The highest BCUT2D eigenvalue weighted by molar-refractivity contribution is 7.99. The van der Waals surface area contributed by atoms with Crippen LogP contribution in [0.15, 0.2) is 60.0 Å². The number of hydrogen-bond acceptors (Lipinski definition) is 7. The maximum absolute atomic E-state index is 12.1. The number of ether oxygens (including phenoxy) is 2. The Bertz CT molecular complexity index is 1190. The first-order valence-corrected chi connectivity index (χ1v) is 13.2. The van der Waals surface area contributed by atoms with Crippen molar-refractivity contribution in [1.29, 1.82) is 0 Å². The molecule has 8 nitrogen and oxygen atoms in total. The van der Waals surface area contributed by atoms with E-state index >= 15 is 0 Å². The zero-order chi connectivity index (χ0) is 25.9. The zero-order valence-electron chi connectivity index (χ0n) is 19.5. The number of rotatable bonds is 7. The smallest absolute Gasteiger partial charge is 0.276 e. The Morgan fingerprint density at radius 2 is 1.92 bits per heavy atom. The molecule has 1 fully saturated rings. The lowest BCUT2D eigenvalue weighted by Gasteiger charge is -2.41. The summed E-state index contributed by atoms with van der Waals surface area (Å²) in [7, 11) is 1.89. The van der Waals surface area contributed by atoms with Crippen molar-refractivity contribution >= 4 is 58.2 Å². The van der Waals surface area contributed by atoms with Gasteiger partial charge < -0.3 is 24.5 Å². The molecule has 4 atom stereocenters. The Balaban J connectivity index is 1.59. The molecule has 0 aliphatic carbocycles. The topological polar surface area (TPSA) is 98.5 Å². The third-order valence-corrected chi connectivity index (χ3v) is 7.48. The lowest BCUT2D eigenvalue weighted by molar-refractivity contribution is -0.268. The monoisotopic (exact) mass is 570 g/mol. The molecule has 1 saturated heterocycles. The summed E-state index contributed by atoms with van der Waals surface area (Å²) in [5, 5.41) is 20.9. The number of carbonyl (C=O) groups excluding carboxylic acids is 1. The van der Waals surface area contributed by atoms with Gasteiger partial charge in [0.15, 0.2) is 11.4 Å². The van der Waals surface area contributed by atoms with Gasteiger partial charge in [-0.2, -0.15) is 0 Å². The molecule has 192 valence electrons. The Kier molecular flexibility index (Phi) is 8.83. The lowest BCUT2D eigenvalue weighted by atomic mass is 9.91. The number of hydrogen-bond donors (Lipinski definition) is 2. The van der Waals surface area contributed by atoms with Crippen LogP contribution < -0.4 is 5.32 Å². The Morgan fingerprint density at radius 1 is 1.17 bits per heavy atom. The minimum Gasteiger partial charge on any atom is -0.392 e. The first kappa shape index (κ1) is 27.2. The van der Waals surface area contributed by atoms with E-state index in [2.05, 4.69) is 22.4 Å². The lowest BCUT2D eigenvalue weighted by Crippen LogP contribution is -2.38. The van der Waals surface area contributed by atoms with Crippen molar-refractivity contribution in [2.24, 2.45) is 13.0 Å². The number of aliphatic hydroxyl groups is 1. The second-order valence-corrected chi connectivity index (χ2v) is 11.7. The molecule has 0 saturated carbocycles. The molecule has 1 amide bonds. The van der Waals surface area contributed by atoms with E-state index in [0.29, 0.717) is 17.0 Å². The van der Waals surface area contributed by atoms with E-state index in [9.17, 15) is 9.90 Å². The van der Waals surface area contributed by atoms with Gasteiger partial charge in [-0.25, -0.2) is 0 Å². The van der Waals surface area contributed by atoms with Crippen LogP contribution >= 0.6 is 46.6 Å². The highest BCUT2D eigenvalue weighted by Crippen LogP contribution is 2.43. The number of aliphatic hydroxyl groups excluding tert-OH is 1. The largest absolute Gasteiger partial charge is 0.392 e. The average molecular weight is 572 g/mol. The number of aromatic nitrogens is 3. The number of halogens is 3. The van der Waals surface area contributed by atoms with Crippen LogP contribution in [0, 0.1) is 5.92 Å². The van der Waals surface area contributed by atoms with Crippen LogP contribution in [0.2, 0.25) is 0 Å². The molecule has 36 heavy (non-hydrogen) atoms. The van der Waals surface area contributed by atoms with Gasteiger partial charge >= 0.3 is 0 Å². The van der Waals surface area contributed by atoms with E-state index in [4.69, 9.17) is 44.3 Å². The van der Waals surface area contributed by atoms with Crippen molar-refractivity contribution in [1.82, 2.24) is 14.8 Å². The fraction of sp³-hybridized carbons (Fsp3) is 0.375. The van der Waals surface area contributed by atoms with Gasteiger partial charge in [0.2, 0.25) is 0 Å². The molecule has 0 spiro atoms. The predicted octanol–water partition coefficient (Wildman–Crippen LogP) is 5.20. The van der Waals surface area contributed by atoms with Crippen LogP contribution in [0.25, 0.3) is 0 Å². The van der Waals surface area contributed by atoms with Crippen molar-refractivity contribution in [3.63, 3.8) is 0 Å². The van der Waals surface area contributed by atoms with Crippen molar-refractivity contribution in [3.05, 3.63) is 71.5 Å². The average Bonchev–Trinajstić information content (AvgIpc) is 3.27. The molecular weight excluding hydrogens is 547 g/mol. The molecule has 1 aliphatic heterocycles. The Morgan fingerprint density at radius 3 is 2.56 bits per heavy atom. The molecule has 12 heteroatoms. The quantitative estimate of drug-likeness (QED) is 0.297. The summed E-state index contributed by atoms with van der Waals surface area (Å²) in [6, 6.07) is 14.7. The number of nitrogens with one attached hydrogen (secondary N) is 1. The van der Waals surface area contributed by atoms with Crippen molar-refractivity contribution < 1.29 is 19.4 Å². The summed E-state index contributed by atoms with van der Waals surface area (Å²) in [6.07, 6.45) is 0.480. The van der Waals surface area contributed by atoms with Gasteiger partial charge in [0.1, 0.15) is 6.33 Å². The molecule has 2 heterocycles. The fourth-order valence-corrected chi connectivity index (χ4v) is 5.03. The summed E-state index contributed by atoms with van der Waals surface area (Å²) in [4.78, 5) is 12.1. The standard InChI is InChI=1S/C24H25Cl3N4O4S/c1-14-19(12-36-23-30-28-13-31(23)2)34-21(35-20(14)16-8-6-15(11-32)7-9-16)17-4-3-5-18(10-17)29-22(33)24(25,26)27/h3-10,13-14,19-21,32H,11-12H2,1-2H3,(H,29,33). The number of alkyl halides is 3. The number of aryl methyl sites for hydroxylation is 1. The van der Waals surface area contributed by atoms with E-state index in [1.54, 1.807) is 36.3 Å². The maximum Gasteiger partial charge on any atom is 0.276 e. The van der Waals surface area contributed by atoms with Crippen molar-refractivity contribution in [3.8, 4) is 0 Å². The normalized spacial score (nSPS) is 22.4. The predicted molar refractivity (Wildman–Crippen MR) is 140 cm³/mol. The highest BCUT2D eigenvalue weighted by atomic mass is 35.6. The number of amides is 1. The van der Waals surface area contributed by atoms with Crippen molar-refractivity contribution in [2.75, 3.05) is 11.1 Å². The minimum absolute atomic E-state index is 0.00852. The highest BCUT2D eigenvalue weighted by Gasteiger charge is 2.39. The van der Waals surface area contributed by atoms with Gasteiger partial charge in [0.05, 0.1) is 18.8 Å². The van der Waals surface area contributed by atoms with E-state index in [0.717, 1.165) is 16.3 Å². The first-order valence-electron chi connectivity index (χ1n) is 11.1. The van der Waals surface area contributed by atoms with Crippen LogP contribution in [-0.4, -0.2) is 41.4 Å². The zero-order valence-corrected chi connectivity index (χ0v) is 22.6. The Labute approximate surface area is 228 Å². The second kappa shape index (κ2) is 11.7. The molecule has 0 radical (unpaired) electrons. The summed E-state index contributed by atoms with van der Waals surface area (Å²) < 4.78 is 12.6. The van der Waals surface area contributed by atoms with Gasteiger partial charge in [-0.15, -0.1) is 10.2 Å². The van der Waals surface area contributed by atoms with E-state index in [1.807, 2.05) is 41.9 Å². The van der Waals surface area contributed by atoms with Gasteiger partial charge in [-0.05, 0) is 23.3 Å². The number of nitrogens with zero attached hydrogens (tertiary/aromatic N) is 3. The maximum atomic E-state index is 12.1. The van der Waals surface area contributed by atoms with E-state index in [1.165, 1.54) is 0 Å². The minimum atomic E-state index is -2.09. The second-order valence-electron chi connectivity index (χ2n) is 8.43. The van der Waals surface area contributed by atoms with Crippen LogP contribution in [0.5, 0.6) is 0 Å². The van der Waals surface area contributed by atoms with Crippen LogP contribution in [0.4, 0.5) is 5.69 Å². The molecular formula is C24H25Cl3N4O4S. The molecule has 2 N–H and O–H groups in total. The molecule has 0 bridgehead atoms. The number of thioether (sulfide) groups is 1. The summed E-state index contributed by atoms with van der Waals surface area (Å²) in [5.41, 5.74) is 2.95. The van der Waals surface area contributed by atoms with Crippen molar-refractivity contribution in [2.45, 2.75) is 41.0 Å². The summed E-state index contributed by atoms with van der Waals surface area (Å²) >= 11 is 18.6. The summed E-state index contributed by atoms with van der Waals surface area (Å²) in [6.45, 7) is 2.05. The van der Waals surface area contributed by atoms with Crippen LogP contribution in [0.3, 0.4) is 0 Å². The fourth-order valence-electron chi connectivity index (χ4n) is 3.83. The molecule has 2 aromatic carbocycles. The van der Waals surface area contributed by atoms with Crippen LogP contribution in [-0.2, 0) is 27.9 Å². The van der Waals surface area contributed by atoms with Gasteiger partial charge in [0.25, 0.3) is 9.70 Å². The van der Waals surface area contributed by atoms with Gasteiger partial charge in [-0.1, -0.05) is 89.9 Å². The molecule has 1 aromatic heterocycles. The SMILES string of the molecule is CC1C(CSc2nncn2C)OC(c2cccc(NC(=O)C(Cl)(Cl)Cl)c2)OC1c1ccc(CO)cc1. The third kappa shape index (κ3) is 6.52. The molecule has 4 rings (SSSR count). The first-order chi connectivity index (χ1) is 17.2. The van der Waals surface area contributed by atoms with E-state index in [-0.39, 0.29) is 24.7 Å².